The first-order valence-corrected chi connectivity index (χ1v) is 11.0. The number of nitrogens with zero attached hydrogens (tertiary/aromatic N) is 4. The lowest BCUT2D eigenvalue weighted by molar-refractivity contribution is 0.0885. The lowest BCUT2D eigenvalue weighted by Crippen LogP contribution is -2.50. The Labute approximate surface area is 187 Å². The van der Waals surface area contributed by atoms with Crippen molar-refractivity contribution >= 4 is 38.5 Å². The van der Waals surface area contributed by atoms with E-state index in [4.69, 9.17) is 5.11 Å². The number of pyridine rings is 1. The minimum absolute atomic E-state index is 0.227. The van der Waals surface area contributed by atoms with Gasteiger partial charge in [-0.05, 0) is 42.7 Å². The molecule has 32 heavy (non-hydrogen) atoms. The standard InChI is InChI=1S/C21H23F2N5O3S/c22-14-2-4-17-18(10-14)32-20(25-17)26-21(31)28-7-5-27(6-8-28)19-16(23)9-13(11-24-19)1-3-15(30)12-29/h2,4,9-11,15,29-30H,1,3,5-8,12H2,(H,25,26,31)/t15-/m0/s1. The number of fused-ring (bicyclic) bond motifs is 1. The molecule has 0 radical (unpaired) electrons. The maximum Gasteiger partial charge on any atom is 0.323 e. The van der Waals surface area contributed by atoms with Gasteiger partial charge in [-0.15, -0.1) is 0 Å². The van der Waals surface area contributed by atoms with Crippen molar-refractivity contribution in [3.8, 4) is 0 Å². The number of hydrogen-bond acceptors (Lipinski definition) is 7. The van der Waals surface area contributed by atoms with Crippen LogP contribution in [0.15, 0.2) is 30.5 Å². The molecule has 2 amide bonds. The van der Waals surface area contributed by atoms with Crippen LogP contribution in [0, 0.1) is 11.6 Å². The van der Waals surface area contributed by atoms with E-state index < -0.39 is 11.9 Å². The predicted octanol–water partition coefficient (Wildman–Crippen LogP) is 2.61. The van der Waals surface area contributed by atoms with Crippen LogP contribution < -0.4 is 10.2 Å². The first-order valence-electron chi connectivity index (χ1n) is 10.2. The normalized spacial score (nSPS) is 15.2. The Hall–Kier alpha value is -2.89. The number of carbonyl (C=O) groups excluding carboxylic acids is 1. The average Bonchev–Trinajstić information content (AvgIpc) is 3.18. The van der Waals surface area contributed by atoms with Crippen LogP contribution in [0.5, 0.6) is 0 Å². The van der Waals surface area contributed by atoms with Crippen LogP contribution in [0.25, 0.3) is 10.2 Å². The highest BCUT2D eigenvalue weighted by Gasteiger charge is 2.24. The summed E-state index contributed by atoms with van der Waals surface area (Å²) in [4.78, 5) is 24.5. The summed E-state index contributed by atoms with van der Waals surface area (Å²) in [7, 11) is 0. The van der Waals surface area contributed by atoms with E-state index >= 15 is 0 Å². The predicted molar refractivity (Wildman–Crippen MR) is 118 cm³/mol. The van der Waals surface area contributed by atoms with Crippen molar-refractivity contribution in [2.45, 2.75) is 18.9 Å². The second-order valence-corrected chi connectivity index (χ2v) is 8.59. The maximum atomic E-state index is 14.6. The van der Waals surface area contributed by atoms with Crippen molar-refractivity contribution < 1.29 is 23.8 Å². The quantitative estimate of drug-likeness (QED) is 0.520. The average molecular weight is 464 g/mol. The van der Waals surface area contributed by atoms with Crippen molar-refractivity contribution in [1.29, 1.82) is 0 Å². The fourth-order valence-electron chi connectivity index (χ4n) is 3.51. The number of thiazole rings is 1. The molecule has 8 nitrogen and oxygen atoms in total. The molecule has 1 saturated heterocycles. The van der Waals surface area contributed by atoms with Gasteiger partial charge in [0.1, 0.15) is 5.82 Å². The summed E-state index contributed by atoms with van der Waals surface area (Å²) >= 11 is 1.20. The molecule has 0 saturated carbocycles. The summed E-state index contributed by atoms with van der Waals surface area (Å²) in [5.74, 6) is -0.586. The number of piperazine rings is 1. The van der Waals surface area contributed by atoms with Crippen LogP contribution in [0.4, 0.5) is 24.5 Å². The topological polar surface area (TPSA) is 102 Å². The van der Waals surface area contributed by atoms with Crippen LogP contribution in [-0.4, -0.2) is 70.0 Å². The van der Waals surface area contributed by atoms with E-state index in [1.807, 2.05) is 0 Å². The number of aliphatic hydroxyl groups excluding tert-OH is 2. The fourth-order valence-corrected chi connectivity index (χ4v) is 4.39. The molecule has 0 bridgehead atoms. The number of urea groups is 1. The SMILES string of the molecule is O=C(Nc1nc2ccc(F)cc2s1)N1CCN(c2ncc(CC[C@H](O)CO)cc2F)CC1. The first kappa shape index (κ1) is 22.3. The number of benzene rings is 1. The molecule has 2 aromatic heterocycles. The minimum atomic E-state index is -0.833. The van der Waals surface area contributed by atoms with Gasteiger partial charge in [-0.3, -0.25) is 5.32 Å². The summed E-state index contributed by atoms with van der Waals surface area (Å²) in [5, 5.41) is 21.4. The highest BCUT2D eigenvalue weighted by Crippen LogP contribution is 2.27. The largest absolute Gasteiger partial charge is 0.394 e. The van der Waals surface area contributed by atoms with Crippen molar-refractivity contribution in [3.05, 3.63) is 47.7 Å². The molecule has 170 valence electrons. The second kappa shape index (κ2) is 9.72. The van der Waals surface area contributed by atoms with E-state index in [2.05, 4.69) is 15.3 Å². The molecule has 3 heterocycles. The Morgan fingerprint density at radius 1 is 1.22 bits per heavy atom. The molecule has 3 N–H and O–H groups in total. The zero-order valence-electron chi connectivity index (χ0n) is 17.2. The van der Waals surface area contributed by atoms with Gasteiger partial charge < -0.3 is 20.0 Å². The van der Waals surface area contributed by atoms with Gasteiger partial charge in [0.2, 0.25) is 0 Å². The van der Waals surface area contributed by atoms with Gasteiger partial charge in [-0.25, -0.2) is 23.5 Å². The van der Waals surface area contributed by atoms with E-state index in [-0.39, 0.29) is 24.3 Å². The molecule has 1 fully saturated rings. The first-order chi connectivity index (χ1) is 15.4. The number of hydrogen-bond donors (Lipinski definition) is 3. The molecule has 1 aliphatic rings. The number of amides is 2. The molecule has 1 aromatic carbocycles. The van der Waals surface area contributed by atoms with Gasteiger partial charge in [0, 0.05) is 32.4 Å². The van der Waals surface area contributed by atoms with E-state index in [1.165, 1.54) is 29.5 Å². The maximum absolute atomic E-state index is 14.6. The van der Waals surface area contributed by atoms with Crippen molar-refractivity contribution in [2.75, 3.05) is 43.0 Å². The number of nitrogens with one attached hydrogen (secondary N) is 1. The molecule has 3 aromatic rings. The Kier molecular flexibility index (Phi) is 6.77. The molecule has 1 aliphatic heterocycles. The lowest BCUT2D eigenvalue weighted by Gasteiger charge is -2.35. The summed E-state index contributed by atoms with van der Waals surface area (Å²) < 4.78 is 28.6. The monoisotopic (exact) mass is 463 g/mol. The van der Waals surface area contributed by atoms with E-state index in [1.54, 1.807) is 22.1 Å². The van der Waals surface area contributed by atoms with Crippen LogP contribution in [0.3, 0.4) is 0 Å². The third kappa shape index (κ3) is 5.12. The summed E-state index contributed by atoms with van der Waals surface area (Å²) in [5.41, 5.74) is 1.26. The Morgan fingerprint density at radius 2 is 2.00 bits per heavy atom. The van der Waals surface area contributed by atoms with Gasteiger partial charge in [0.25, 0.3) is 0 Å². The smallest absolute Gasteiger partial charge is 0.323 e. The van der Waals surface area contributed by atoms with Gasteiger partial charge >= 0.3 is 6.03 Å². The third-order valence-corrected chi connectivity index (χ3v) is 6.22. The number of rotatable bonds is 6. The van der Waals surface area contributed by atoms with Gasteiger partial charge in [0.05, 0.1) is 22.9 Å². The number of aliphatic hydroxyl groups is 2. The molecule has 11 heteroatoms. The number of aromatic nitrogens is 2. The van der Waals surface area contributed by atoms with Gasteiger partial charge in [0.15, 0.2) is 16.8 Å². The van der Waals surface area contributed by atoms with E-state index in [0.717, 1.165) is 0 Å². The van der Waals surface area contributed by atoms with Gasteiger partial charge in [-0.2, -0.15) is 0 Å². The number of anilines is 2. The molecule has 4 rings (SSSR count). The zero-order chi connectivity index (χ0) is 22.7. The Bertz CT molecular complexity index is 1100. The molecule has 0 spiro atoms. The molecule has 0 unspecified atom stereocenters. The van der Waals surface area contributed by atoms with Gasteiger partial charge in [-0.1, -0.05) is 11.3 Å². The number of carbonyl (C=O) groups is 1. The third-order valence-electron chi connectivity index (χ3n) is 5.29. The summed E-state index contributed by atoms with van der Waals surface area (Å²) in [6, 6.07) is 5.35. The highest BCUT2D eigenvalue weighted by atomic mass is 32.1. The second-order valence-electron chi connectivity index (χ2n) is 7.56. The Morgan fingerprint density at radius 3 is 2.72 bits per heavy atom. The fraction of sp³-hybridized carbons (Fsp3) is 0.381. The summed E-state index contributed by atoms with van der Waals surface area (Å²) in [6.07, 6.45) is 1.48. The van der Waals surface area contributed by atoms with Crippen molar-refractivity contribution in [2.24, 2.45) is 0 Å². The molecular weight excluding hydrogens is 440 g/mol. The van der Waals surface area contributed by atoms with Crippen LogP contribution in [0.1, 0.15) is 12.0 Å². The van der Waals surface area contributed by atoms with E-state index in [9.17, 15) is 18.7 Å². The zero-order valence-corrected chi connectivity index (χ0v) is 18.0. The van der Waals surface area contributed by atoms with Crippen LogP contribution in [0.2, 0.25) is 0 Å². The molecule has 1 atom stereocenters. The van der Waals surface area contributed by atoms with E-state index in [0.29, 0.717) is 59.9 Å². The minimum Gasteiger partial charge on any atom is -0.394 e. The van der Waals surface area contributed by atoms with Crippen LogP contribution in [-0.2, 0) is 6.42 Å². The molecular formula is C21H23F2N5O3S. The van der Waals surface area contributed by atoms with Crippen molar-refractivity contribution in [1.82, 2.24) is 14.9 Å². The Balaban J connectivity index is 1.32. The van der Waals surface area contributed by atoms with Crippen molar-refractivity contribution in [3.63, 3.8) is 0 Å². The lowest BCUT2D eigenvalue weighted by atomic mass is 10.1. The molecule has 0 aliphatic carbocycles. The van der Waals surface area contributed by atoms with Crippen LogP contribution >= 0.6 is 11.3 Å². The highest BCUT2D eigenvalue weighted by molar-refractivity contribution is 7.22. The number of halogens is 2. The summed E-state index contributed by atoms with van der Waals surface area (Å²) in [6.45, 7) is 1.28. The number of aryl methyl sites for hydroxylation is 1.